The Morgan fingerprint density at radius 2 is 1.88 bits per heavy atom. The summed E-state index contributed by atoms with van der Waals surface area (Å²) in [6.07, 6.45) is 3.31. The lowest BCUT2D eigenvalue weighted by Gasteiger charge is -2.33. The predicted octanol–water partition coefficient (Wildman–Crippen LogP) is 5.57. The van der Waals surface area contributed by atoms with E-state index in [0.717, 1.165) is 41.5 Å². The molecule has 3 aromatic rings. The number of nitrogens with zero attached hydrogens (tertiary/aromatic N) is 2. The molecular weight excluding hydrogens is 344 g/mol. The van der Waals surface area contributed by atoms with Crippen molar-refractivity contribution >= 4 is 28.4 Å². The Balaban J connectivity index is 1.88. The van der Waals surface area contributed by atoms with E-state index in [2.05, 4.69) is 6.92 Å². The van der Waals surface area contributed by atoms with E-state index in [9.17, 15) is 4.79 Å². The van der Waals surface area contributed by atoms with Gasteiger partial charge < -0.3 is 4.90 Å². The lowest BCUT2D eigenvalue weighted by atomic mass is 9.99. The topological polar surface area (TPSA) is 33.2 Å². The molecule has 1 aliphatic rings. The summed E-state index contributed by atoms with van der Waals surface area (Å²) in [7, 11) is 0. The molecule has 4 heteroatoms. The van der Waals surface area contributed by atoms with Gasteiger partial charge in [0.1, 0.15) is 0 Å². The SMILES string of the molecule is C[C@@H]1CCCCN1C(=O)c1cc(-c2ccccc2Cl)nc2ccccc12. The van der Waals surface area contributed by atoms with Gasteiger partial charge in [-0.25, -0.2) is 4.98 Å². The van der Waals surface area contributed by atoms with Crippen LogP contribution in [0.1, 0.15) is 36.5 Å². The summed E-state index contributed by atoms with van der Waals surface area (Å²) in [5, 5.41) is 1.53. The van der Waals surface area contributed by atoms with Crippen LogP contribution in [0, 0.1) is 0 Å². The third-order valence-corrected chi connectivity index (χ3v) is 5.49. The highest BCUT2D eigenvalue weighted by Gasteiger charge is 2.26. The molecule has 0 saturated carbocycles. The van der Waals surface area contributed by atoms with Crippen molar-refractivity contribution < 1.29 is 4.79 Å². The van der Waals surface area contributed by atoms with E-state index >= 15 is 0 Å². The first kappa shape index (κ1) is 17.0. The van der Waals surface area contributed by atoms with Gasteiger partial charge in [0.25, 0.3) is 5.91 Å². The molecular formula is C22H21ClN2O. The molecule has 1 aromatic heterocycles. The number of para-hydroxylation sites is 1. The molecule has 0 N–H and O–H groups in total. The predicted molar refractivity (Wildman–Crippen MR) is 107 cm³/mol. The number of benzene rings is 2. The Morgan fingerprint density at radius 3 is 2.69 bits per heavy atom. The second kappa shape index (κ2) is 7.08. The molecule has 0 radical (unpaired) electrons. The van der Waals surface area contributed by atoms with Crippen LogP contribution in [0.5, 0.6) is 0 Å². The molecule has 0 unspecified atom stereocenters. The van der Waals surface area contributed by atoms with Gasteiger partial charge in [0.2, 0.25) is 0 Å². The lowest BCUT2D eigenvalue weighted by molar-refractivity contribution is 0.0637. The van der Waals surface area contributed by atoms with Crippen LogP contribution in [0.3, 0.4) is 0 Å². The number of likely N-dealkylation sites (tertiary alicyclic amines) is 1. The molecule has 1 aliphatic heterocycles. The van der Waals surface area contributed by atoms with Crippen molar-refractivity contribution in [1.82, 2.24) is 9.88 Å². The van der Waals surface area contributed by atoms with E-state index in [-0.39, 0.29) is 11.9 Å². The number of amides is 1. The van der Waals surface area contributed by atoms with Crippen molar-refractivity contribution in [3.8, 4) is 11.3 Å². The third-order valence-electron chi connectivity index (χ3n) is 5.16. The molecule has 2 aromatic carbocycles. The highest BCUT2D eigenvalue weighted by Crippen LogP contribution is 2.31. The van der Waals surface area contributed by atoms with Gasteiger partial charge in [0.05, 0.1) is 16.8 Å². The van der Waals surface area contributed by atoms with Gasteiger partial charge in [-0.15, -0.1) is 0 Å². The molecule has 0 bridgehead atoms. The fraction of sp³-hybridized carbons (Fsp3) is 0.273. The van der Waals surface area contributed by atoms with Gasteiger partial charge >= 0.3 is 0 Å². The molecule has 1 saturated heterocycles. The number of piperidine rings is 1. The number of hydrogen-bond acceptors (Lipinski definition) is 2. The summed E-state index contributed by atoms with van der Waals surface area (Å²) in [6.45, 7) is 2.95. The number of fused-ring (bicyclic) bond motifs is 1. The van der Waals surface area contributed by atoms with Crippen molar-refractivity contribution in [3.05, 3.63) is 65.2 Å². The van der Waals surface area contributed by atoms with Crippen molar-refractivity contribution in [3.63, 3.8) is 0 Å². The average Bonchev–Trinajstić information content (AvgIpc) is 2.67. The minimum Gasteiger partial charge on any atom is -0.336 e. The zero-order valence-corrected chi connectivity index (χ0v) is 15.5. The van der Waals surface area contributed by atoms with Gasteiger partial charge in [0.15, 0.2) is 0 Å². The van der Waals surface area contributed by atoms with Gasteiger partial charge in [-0.2, -0.15) is 0 Å². The Morgan fingerprint density at radius 1 is 1.12 bits per heavy atom. The summed E-state index contributed by atoms with van der Waals surface area (Å²) in [4.78, 5) is 20.1. The Bertz CT molecular complexity index is 969. The zero-order chi connectivity index (χ0) is 18.1. The summed E-state index contributed by atoms with van der Waals surface area (Å²) in [6, 6.07) is 17.6. The molecule has 3 nitrogen and oxygen atoms in total. The maximum absolute atomic E-state index is 13.4. The van der Waals surface area contributed by atoms with E-state index in [0.29, 0.717) is 10.6 Å². The van der Waals surface area contributed by atoms with Crippen LogP contribution < -0.4 is 0 Å². The van der Waals surface area contributed by atoms with Crippen molar-refractivity contribution in [2.24, 2.45) is 0 Å². The van der Waals surface area contributed by atoms with Gasteiger partial charge in [0, 0.05) is 28.6 Å². The fourth-order valence-corrected chi connectivity index (χ4v) is 3.95. The number of carbonyl (C=O) groups excluding carboxylic acids is 1. The van der Waals surface area contributed by atoms with E-state index in [1.807, 2.05) is 59.5 Å². The van der Waals surface area contributed by atoms with Crippen molar-refractivity contribution in [1.29, 1.82) is 0 Å². The van der Waals surface area contributed by atoms with Crippen LogP contribution in [0.15, 0.2) is 54.6 Å². The highest BCUT2D eigenvalue weighted by molar-refractivity contribution is 6.33. The maximum Gasteiger partial charge on any atom is 0.254 e. The van der Waals surface area contributed by atoms with Crippen LogP contribution >= 0.6 is 11.6 Å². The summed E-state index contributed by atoms with van der Waals surface area (Å²) in [5.41, 5.74) is 3.11. The first-order valence-corrected chi connectivity index (χ1v) is 9.48. The van der Waals surface area contributed by atoms with Crippen molar-refractivity contribution in [2.75, 3.05) is 6.54 Å². The number of pyridine rings is 1. The fourth-order valence-electron chi connectivity index (χ4n) is 3.71. The number of aromatic nitrogens is 1. The zero-order valence-electron chi connectivity index (χ0n) is 14.8. The first-order valence-electron chi connectivity index (χ1n) is 9.11. The number of carbonyl (C=O) groups is 1. The van der Waals surface area contributed by atoms with E-state index in [4.69, 9.17) is 16.6 Å². The molecule has 132 valence electrons. The largest absolute Gasteiger partial charge is 0.336 e. The Labute approximate surface area is 158 Å². The Kier molecular flexibility index (Phi) is 4.64. The average molecular weight is 365 g/mol. The lowest BCUT2D eigenvalue weighted by Crippen LogP contribution is -2.42. The maximum atomic E-state index is 13.4. The van der Waals surface area contributed by atoms with Gasteiger partial charge in [-0.05, 0) is 44.4 Å². The molecule has 1 amide bonds. The number of hydrogen-bond donors (Lipinski definition) is 0. The molecule has 4 rings (SSSR count). The van der Waals surface area contributed by atoms with Crippen molar-refractivity contribution in [2.45, 2.75) is 32.2 Å². The molecule has 1 atom stereocenters. The van der Waals surface area contributed by atoms with Crippen LogP contribution in [0.25, 0.3) is 22.2 Å². The van der Waals surface area contributed by atoms with Crippen LogP contribution in [-0.4, -0.2) is 28.4 Å². The normalized spacial score (nSPS) is 17.5. The first-order chi connectivity index (χ1) is 12.6. The van der Waals surface area contributed by atoms with Crippen LogP contribution in [0.2, 0.25) is 5.02 Å². The quantitative estimate of drug-likeness (QED) is 0.595. The molecule has 0 spiro atoms. The van der Waals surface area contributed by atoms with Gasteiger partial charge in [-0.1, -0.05) is 48.0 Å². The van der Waals surface area contributed by atoms with Crippen LogP contribution in [-0.2, 0) is 0 Å². The second-order valence-corrected chi connectivity index (χ2v) is 7.30. The standard InChI is InChI=1S/C22H21ClN2O/c1-15-8-6-7-13-25(15)22(26)18-14-21(17-10-2-4-11-19(17)23)24-20-12-5-3-9-16(18)20/h2-5,9-12,14-15H,6-8,13H2,1H3/t15-/m1/s1. The summed E-state index contributed by atoms with van der Waals surface area (Å²) >= 11 is 6.38. The second-order valence-electron chi connectivity index (χ2n) is 6.90. The number of rotatable bonds is 2. The van der Waals surface area contributed by atoms with Crippen LogP contribution in [0.4, 0.5) is 0 Å². The minimum atomic E-state index is 0.0871. The van der Waals surface area contributed by atoms with Gasteiger partial charge in [-0.3, -0.25) is 4.79 Å². The smallest absolute Gasteiger partial charge is 0.254 e. The summed E-state index contributed by atoms with van der Waals surface area (Å²) < 4.78 is 0. The highest BCUT2D eigenvalue weighted by atomic mass is 35.5. The van der Waals surface area contributed by atoms with E-state index < -0.39 is 0 Å². The molecule has 1 fully saturated rings. The summed E-state index contributed by atoms with van der Waals surface area (Å²) in [5.74, 6) is 0.0871. The molecule has 0 aliphatic carbocycles. The minimum absolute atomic E-state index is 0.0871. The third kappa shape index (κ3) is 3.08. The Hall–Kier alpha value is -2.39. The molecule has 2 heterocycles. The van der Waals surface area contributed by atoms with E-state index in [1.165, 1.54) is 6.42 Å². The molecule has 26 heavy (non-hydrogen) atoms. The monoisotopic (exact) mass is 364 g/mol. The van der Waals surface area contributed by atoms with E-state index in [1.54, 1.807) is 0 Å². The number of halogens is 1.